The Labute approximate surface area is 75.0 Å². The monoisotopic (exact) mass is 175 g/mol. The van der Waals surface area contributed by atoms with Crippen LogP contribution in [0.5, 0.6) is 0 Å². The Kier molecular flexibility index (Phi) is 6.34. The minimum atomic E-state index is -0.279. The molecule has 0 radical (unpaired) electrons. The predicted octanol–water partition coefficient (Wildman–Crippen LogP) is 0.460. The highest BCUT2D eigenvalue weighted by molar-refractivity contribution is 4.61. The number of hydrogen-bond donors (Lipinski definition) is 2. The summed E-state index contributed by atoms with van der Waals surface area (Å²) in [4.78, 5) is 2.14. The van der Waals surface area contributed by atoms with Gasteiger partial charge in [0.2, 0.25) is 0 Å². The number of nitrogens with zero attached hydrogens (tertiary/aromatic N) is 1. The van der Waals surface area contributed by atoms with Crippen molar-refractivity contribution in [3.8, 4) is 0 Å². The fraction of sp³-hybridized carbons (Fsp3) is 1.00. The number of hydrogen-bond acceptors (Lipinski definition) is 3. The zero-order chi connectivity index (χ0) is 9.56. The first-order valence-electron chi connectivity index (χ1n) is 4.64. The number of aliphatic hydroxyl groups excluding tert-OH is 2. The highest BCUT2D eigenvalue weighted by Gasteiger charge is 2.06. The van der Waals surface area contributed by atoms with Crippen LogP contribution in [0.4, 0.5) is 0 Å². The summed E-state index contributed by atoms with van der Waals surface area (Å²) < 4.78 is 0. The Morgan fingerprint density at radius 3 is 2.08 bits per heavy atom. The zero-order valence-electron chi connectivity index (χ0n) is 8.32. The van der Waals surface area contributed by atoms with Crippen LogP contribution < -0.4 is 0 Å². The van der Waals surface area contributed by atoms with E-state index in [1.54, 1.807) is 13.8 Å². The maximum Gasteiger partial charge on any atom is 0.0639 e. The minimum Gasteiger partial charge on any atom is -0.393 e. The Bertz CT molecular complexity index is 105. The molecule has 2 N–H and O–H groups in total. The molecule has 0 rings (SSSR count). The molecular formula is C9H21NO2. The van der Waals surface area contributed by atoms with Gasteiger partial charge >= 0.3 is 0 Å². The van der Waals surface area contributed by atoms with Crippen LogP contribution in [0.1, 0.15) is 27.2 Å². The van der Waals surface area contributed by atoms with Gasteiger partial charge in [0, 0.05) is 13.1 Å². The van der Waals surface area contributed by atoms with Crippen LogP contribution >= 0.6 is 0 Å². The predicted molar refractivity (Wildman–Crippen MR) is 50.1 cm³/mol. The van der Waals surface area contributed by atoms with E-state index in [1.807, 2.05) is 0 Å². The molecule has 12 heavy (non-hydrogen) atoms. The maximum atomic E-state index is 9.11. The highest BCUT2D eigenvalue weighted by atomic mass is 16.3. The second-order valence-corrected chi connectivity index (χ2v) is 3.38. The summed E-state index contributed by atoms with van der Waals surface area (Å²) in [6, 6.07) is 0. The normalized spacial score (nSPS) is 16.5. The Morgan fingerprint density at radius 2 is 1.75 bits per heavy atom. The molecule has 0 saturated heterocycles. The molecule has 0 aliphatic heterocycles. The summed E-state index contributed by atoms with van der Waals surface area (Å²) in [5.41, 5.74) is 0. The molecule has 0 aromatic carbocycles. The fourth-order valence-corrected chi connectivity index (χ4v) is 1.12. The van der Waals surface area contributed by atoms with Gasteiger partial charge in [-0.25, -0.2) is 0 Å². The molecular weight excluding hydrogens is 154 g/mol. The molecule has 0 amide bonds. The van der Waals surface area contributed by atoms with E-state index in [0.717, 1.165) is 19.5 Å². The van der Waals surface area contributed by atoms with Gasteiger partial charge in [-0.3, -0.25) is 0 Å². The third-order valence-electron chi connectivity index (χ3n) is 1.83. The maximum absolute atomic E-state index is 9.11. The zero-order valence-corrected chi connectivity index (χ0v) is 8.32. The van der Waals surface area contributed by atoms with Crippen molar-refractivity contribution in [1.82, 2.24) is 4.90 Å². The smallest absolute Gasteiger partial charge is 0.0639 e. The van der Waals surface area contributed by atoms with Gasteiger partial charge in [-0.15, -0.1) is 0 Å². The lowest BCUT2D eigenvalue weighted by atomic mass is 10.2. The van der Waals surface area contributed by atoms with E-state index in [9.17, 15) is 0 Å². The van der Waals surface area contributed by atoms with Crippen LogP contribution in [0.3, 0.4) is 0 Å². The van der Waals surface area contributed by atoms with E-state index >= 15 is 0 Å². The van der Waals surface area contributed by atoms with Gasteiger partial charge in [-0.2, -0.15) is 0 Å². The summed E-state index contributed by atoms with van der Waals surface area (Å²) >= 11 is 0. The number of rotatable bonds is 6. The summed E-state index contributed by atoms with van der Waals surface area (Å²) in [6.45, 7) is 8.12. The van der Waals surface area contributed by atoms with Gasteiger partial charge in [0.1, 0.15) is 0 Å². The van der Waals surface area contributed by atoms with Gasteiger partial charge in [0.05, 0.1) is 12.2 Å². The third-order valence-corrected chi connectivity index (χ3v) is 1.83. The Balaban J connectivity index is 3.53. The average Bonchev–Trinajstić information content (AvgIpc) is 1.97. The second kappa shape index (κ2) is 6.40. The van der Waals surface area contributed by atoms with Crippen molar-refractivity contribution in [1.29, 1.82) is 0 Å². The lowest BCUT2D eigenvalue weighted by Gasteiger charge is -2.22. The Hall–Kier alpha value is -0.120. The van der Waals surface area contributed by atoms with Crippen LogP contribution in [-0.2, 0) is 0 Å². The Morgan fingerprint density at radius 1 is 1.17 bits per heavy atom. The van der Waals surface area contributed by atoms with Crippen molar-refractivity contribution >= 4 is 0 Å². The van der Waals surface area contributed by atoms with Crippen LogP contribution in [0.15, 0.2) is 0 Å². The van der Waals surface area contributed by atoms with Crippen molar-refractivity contribution in [3.05, 3.63) is 0 Å². The highest BCUT2D eigenvalue weighted by Crippen LogP contribution is 1.97. The van der Waals surface area contributed by atoms with Crippen molar-refractivity contribution in [3.63, 3.8) is 0 Å². The molecule has 3 nitrogen and oxygen atoms in total. The standard InChI is InChI=1S/C9H21NO2/c1-4-10(7-9(3)12)6-5-8(2)11/h8-9,11-12H,4-7H2,1-3H3. The van der Waals surface area contributed by atoms with E-state index in [1.165, 1.54) is 0 Å². The van der Waals surface area contributed by atoms with Crippen LogP contribution in [0.2, 0.25) is 0 Å². The molecule has 2 unspecified atom stereocenters. The molecule has 74 valence electrons. The van der Waals surface area contributed by atoms with Crippen molar-refractivity contribution in [2.24, 2.45) is 0 Å². The topological polar surface area (TPSA) is 43.7 Å². The first-order chi connectivity index (χ1) is 5.56. The van der Waals surface area contributed by atoms with Crippen LogP contribution in [0.25, 0.3) is 0 Å². The minimum absolute atomic E-state index is 0.243. The molecule has 0 fully saturated rings. The molecule has 0 bridgehead atoms. The van der Waals surface area contributed by atoms with Gasteiger partial charge in [-0.1, -0.05) is 6.92 Å². The average molecular weight is 175 g/mol. The van der Waals surface area contributed by atoms with Gasteiger partial charge < -0.3 is 15.1 Å². The van der Waals surface area contributed by atoms with Gasteiger partial charge in [-0.05, 0) is 26.8 Å². The molecule has 3 heteroatoms. The quantitative estimate of drug-likeness (QED) is 0.616. The SMILES string of the molecule is CCN(CCC(C)O)CC(C)O. The van der Waals surface area contributed by atoms with Gasteiger partial charge in [0.15, 0.2) is 0 Å². The molecule has 0 aliphatic carbocycles. The second-order valence-electron chi connectivity index (χ2n) is 3.38. The first-order valence-corrected chi connectivity index (χ1v) is 4.64. The van der Waals surface area contributed by atoms with E-state index in [-0.39, 0.29) is 12.2 Å². The van der Waals surface area contributed by atoms with Crippen molar-refractivity contribution in [2.45, 2.75) is 39.4 Å². The lowest BCUT2D eigenvalue weighted by Crippen LogP contribution is -2.32. The summed E-state index contributed by atoms with van der Waals surface area (Å²) in [5, 5.41) is 18.2. The van der Waals surface area contributed by atoms with E-state index in [0.29, 0.717) is 6.54 Å². The van der Waals surface area contributed by atoms with Crippen LogP contribution in [-0.4, -0.2) is 47.0 Å². The fourth-order valence-electron chi connectivity index (χ4n) is 1.12. The van der Waals surface area contributed by atoms with E-state index in [4.69, 9.17) is 10.2 Å². The summed E-state index contributed by atoms with van der Waals surface area (Å²) in [5.74, 6) is 0. The molecule has 0 aromatic heterocycles. The molecule has 0 saturated carbocycles. The largest absolute Gasteiger partial charge is 0.393 e. The van der Waals surface area contributed by atoms with Gasteiger partial charge in [0.25, 0.3) is 0 Å². The molecule has 0 aromatic rings. The first kappa shape index (κ1) is 11.9. The molecule has 2 atom stereocenters. The van der Waals surface area contributed by atoms with Crippen LogP contribution in [0, 0.1) is 0 Å². The molecule has 0 spiro atoms. The summed E-state index contributed by atoms with van der Waals surface area (Å²) in [7, 11) is 0. The van der Waals surface area contributed by atoms with Crippen molar-refractivity contribution < 1.29 is 10.2 Å². The lowest BCUT2D eigenvalue weighted by molar-refractivity contribution is 0.111. The van der Waals surface area contributed by atoms with E-state index < -0.39 is 0 Å². The third kappa shape index (κ3) is 6.58. The van der Waals surface area contributed by atoms with E-state index in [2.05, 4.69) is 11.8 Å². The molecule has 0 heterocycles. The molecule has 0 aliphatic rings. The summed E-state index contributed by atoms with van der Waals surface area (Å²) in [6.07, 6.45) is 0.257. The van der Waals surface area contributed by atoms with Crippen molar-refractivity contribution in [2.75, 3.05) is 19.6 Å². The number of likely N-dealkylation sites (N-methyl/N-ethyl adjacent to an activating group) is 1. The number of aliphatic hydroxyl groups is 2.